The summed E-state index contributed by atoms with van der Waals surface area (Å²) >= 11 is 0. The van der Waals surface area contributed by atoms with Crippen molar-refractivity contribution in [1.82, 2.24) is 14.8 Å². The summed E-state index contributed by atoms with van der Waals surface area (Å²) in [6.45, 7) is 0.852. The lowest BCUT2D eigenvalue weighted by atomic mass is 9.65. The highest BCUT2D eigenvalue weighted by molar-refractivity contribution is 5.87. The number of amides is 1. The molecule has 1 amide bonds. The Hall–Kier alpha value is -2.59. The van der Waals surface area contributed by atoms with Crippen LogP contribution in [0.3, 0.4) is 0 Å². The maximum absolute atomic E-state index is 13.7. The van der Waals surface area contributed by atoms with Crippen LogP contribution in [-0.4, -0.2) is 41.3 Å². The van der Waals surface area contributed by atoms with E-state index in [1.54, 1.807) is 0 Å². The van der Waals surface area contributed by atoms with Crippen molar-refractivity contribution < 1.29 is 4.79 Å². The highest BCUT2D eigenvalue weighted by Crippen LogP contribution is 2.54. The van der Waals surface area contributed by atoms with Crippen molar-refractivity contribution in [2.75, 3.05) is 20.6 Å². The van der Waals surface area contributed by atoms with Gasteiger partial charge in [-0.15, -0.1) is 0 Å². The Morgan fingerprint density at radius 3 is 2.33 bits per heavy atom. The van der Waals surface area contributed by atoms with E-state index in [2.05, 4.69) is 83.5 Å². The first-order chi connectivity index (χ1) is 16.1. The number of hydrogen-bond acceptors (Lipinski definition) is 2. The van der Waals surface area contributed by atoms with Gasteiger partial charge < -0.3 is 9.88 Å². The van der Waals surface area contributed by atoms with Gasteiger partial charge in [0, 0.05) is 34.6 Å². The number of rotatable bonds is 3. The minimum absolute atomic E-state index is 0.0152. The van der Waals surface area contributed by atoms with Gasteiger partial charge in [0.2, 0.25) is 5.91 Å². The number of aromatic nitrogens is 1. The molecule has 2 aliphatic carbocycles. The zero-order chi connectivity index (χ0) is 22.6. The van der Waals surface area contributed by atoms with Crippen LogP contribution in [0.2, 0.25) is 0 Å². The van der Waals surface area contributed by atoms with Gasteiger partial charge >= 0.3 is 0 Å². The van der Waals surface area contributed by atoms with E-state index in [1.807, 2.05) is 0 Å². The van der Waals surface area contributed by atoms with E-state index >= 15 is 0 Å². The van der Waals surface area contributed by atoms with Gasteiger partial charge in [0.15, 0.2) is 0 Å². The Balaban J connectivity index is 1.44. The molecule has 1 aliphatic heterocycles. The highest BCUT2D eigenvalue weighted by atomic mass is 16.2. The third kappa shape index (κ3) is 3.03. The van der Waals surface area contributed by atoms with E-state index < -0.39 is 0 Å². The fourth-order valence-corrected chi connectivity index (χ4v) is 6.97. The second-order valence-electron chi connectivity index (χ2n) is 10.7. The molecule has 3 aliphatic rings. The van der Waals surface area contributed by atoms with Crippen LogP contribution in [0, 0.1) is 5.92 Å². The number of nitrogens with zero attached hydrogens (tertiary/aromatic N) is 2. The fraction of sp³-hybridized carbons (Fsp3) is 0.483. The Labute approximate surface area is 197 Å². The van der Waals surface area contributed by atoms with Crippen molar-refractivity contribution in [2.45, 2.75) is 62.4 Å². The average molecular weight is 442 g/mol. The standard InChI is InChI=1S/C29H35N3O/c1-31(2)28(22-11-4-3-5-12-22)16-18-29(19-17-28)26-24(23-13-6-7-14-25(23)30-26)15-20-32(29)27(33)21-9-8-10-21/h3-7,11-14,21,30H,8-10,15-20H2,1-2H3. The number of carbonyl (C=O) groups is 1. The Bertz CT molecular complexity index is 1170. The van der Waals surface area contributed by atoms with E-state index in [0.29, 0.717) is 5.91 Å². The van der Waals surface area contributed by atoms with Crippen LogP contribution in [0.15, 0.2) is 54.6 Å². The van der Waals surface area contributed by atoms with Crippen LogP contribution in [0.5, 0.6) is 0 Å². The van der Waals surface area contributed by atoms with Gasteiger partial charge in [-0.3, -0.25) is 9.69 Å². The third-order valence-corrected chi connectivity index (χ3v) is 9.17. The molecule has 3 aromatic rings. The molecule has 1 N–H and O–H groups in total. The van der Waals surface area contributed by atoms with Crippen molar-refractivity contribution in [1.29, 1.82) is 0 Å². The predicted octanol–water partition coefficient (Wildman–Crippen LogP) is 5.58. The zero-order valence-electron chi connectivity index (χ0n) is 19.9. The second-order valence-corrected chi connectivity index (χ2v) is 10.7. The first-order valence-electron chi connectivity index (χ1n) is 12.7. The number of aromatic amines is 1. The maximum atomic E-state index is 13.7. The molecular weight excluding hydrogens is 406 g/mol. The Kier molecular flexibility index (Phi) is 4.91. The summed E-state index contributed by atoms with van der Waals surface area (Å²) in [5.74, 6) is 0.644. The molecule has 1 aromatic heterocycles. The first-order valence-corrected chi connectivity index (χ1v) is 12.7. The van der Waals surface area contributed by atoms with E-state index in [9.17, 15) is 4.79 Å². The van der Waals surface area contributed by atoms with E-state index in [-0.39, 0.29) is 17.0 Å². The Morgan fingerprint density at radius 2 is 1.67 bits per heavy atom. The van der Waals surface area contributed by atoms with Gasteiger partial charge in [-0.2, -0.15) is 0 Å². The lowest BCUT2D eigenvalue weighted by Gasteiger charge is -2.56. The fourth-order valence-electron chi connectivity index (χ4n) is 6.97. The van der Waals surface area contributed by atoms with Gasteiger partial charge in [-0.05, 0) is 76.2 Å². The minimum Gasteiger partial charge on any atom is -0.356 e. The van der Waals surface area contributed by atoms with Crippen molar-refractivity contribution >= 4 is 16.8 Å². The van der Waals surface area contributed by atoms with Crippen LogP contribution >= 0.6 is 0 Å². The van der Waals surface area contributed by atoms with E-state index in [4.69, 9.17) is 0 Å². The minimum atomic E-state index is -0.215. The second kappa shape index (κ2) is 7.73. The molecule has 6 rings (SSSR count). The van der Waals surface area contributed by atoms with Crippen molar-refractivity contribution in [2.24, 2.45) is 5.92 Å². The summed E-state index contributed by atoms with van der Waals surface area (Å²) in [4.78, 5) is 22.3. The molecule has 4 nitrogen and oxygen atoms in total. The lowest BCUT2D eigenvalue weighted by molar-refractivity contribution is -0.150. The van der Waals surface area contributed by atoms with Crippen LogP contribution in [-0.2, 0) is 22.3 Å². The van der Waals surface area contributed by atoms with Gasteiger partial charge in [0.1, 0.15) is 0 Å². The molecule has 2 fully saturated rings. The molecule has 4 heteroatoms. The molecule has 0 saturated heterocycles. The monoisotopic (exact) mass is 441 g/mol. The predicted molar refractivity (Wildman–Crippen MR) is 133 cm³/mol. The van der Waals surface area contributed by atoms with Crippen molar-refractivity contribution in [3.05, 3.63) is 71.4 Å². The summed E-state index contributed by atoms with van der Waals surface area (Å²) in [7, 11) is 4.44. The van der Waals surface area contributed by atoms with Gasteiger partial charge in [-0.1, -0.05) is 55.0 Å². The number of benzene rings is 2. The molecule has 0 radical (unpaired) electrons. The SMILES string of the molecule is CN(C)C1(c2ccccc2)CCC2(CC1)c1[nH]c3ccccc3c1CCN2C(=O)C1CCC1. The van der Waals surface area contributed by atoms with Gasteiger partial charge in [0.05, 0.1) is 5.54 Å². The molecule has 172 valence electrons. The lowest BCUT2D eigenvalue weighted by Crippen LogP contribution is -2.59. The number of para-hydroxylation sites is 1. The molecule has 0 atom stereocenters. The molecule has 0 unspecified atom stereocenters. The van der Waals surface area contributed by atoms with Crippen LogP contribution in [0.25, 0.3) is 10.9 Å². The Morgan fingerprint density at radius 1 is 0.970 bits per heavy atom. The zero-order valence-corrected chi connectivity index (χ0v) is 19.9. The molecule has 33 heavy (non-hydrogen) atoms. The van der Waals surface area contributed by atoms with Crippen LogP contribution in [0.4, 0.5) is 0 Å². The smallest absolute Gasteiger partial charge is 0.226 e. The summed E-state index contributed by atoms with van der Waals surface area (Å²) in [5, 5.41) is 1.34. The van der Waals surface area contributed by atoms with Gasteiger partial charge in [0.25, 0.3) is 0 Å². The summed E-state index contributed by atoms with van der Waals surface area (Å²) < 4.78 is 0. The largest absolute Gasteiger partial charge is 0.356 e. The normalized spacial score (nSPS) is 27.7. The van der Waals surface area contributed by atoms with Crippen molar-refractivity contribution in [3.63, 3.8) is 0 Å². The highest BCUT2D eigenvalue weighted by Gasteiger charge is 2.53. The van der Waals surface area contributed by atoms with E-state index in [1.165, 1.54) is 34.1 Å². The van der Waals surface area contributed by atoms with Crippen LogP contribution < -0.4 is 0 Å². The van der Waals surface area contributed by atoms with Gasteiger partial charge in [-0.25, -0.2) is 0 Å². The summed E-state index contributed by atoms with van der Waals surface area (Å²) in [6.07, 6.45) is 8.38. The van der Waals surface area contributed by atoms with Crippen LogP contribution in [0.1, 0.15) is 61.8 Å². The summed E-state index contributed by atoms with van der Waals surface area (Å²) in [5.41, 5.74) is 5.18. The number of nitrogens with one attached hydrogen (secondary N) is 1. The number of fused-ring (bicyclic) bond motifs is 4. The molecule has 2 aromatic carbocycles. The molecule has 2 saturated carbocycles. The molecule has 2 heterocycles. The molecule has 0 bridgehead atoms. The topological polar surface area (TPSA) is 39.3 Å². The van der Waals surface area contributed by atoms with E-state index in [0.717, 1.165) is 51.5 Å². The number of hydrogen-bond donors (Lipinski definition) is 1. The third-order valence-electron chi connectivity index (χ3n) is 9.17. The van der Waals surface area contributed by atoms with Crippen molar-refractivity contribution in [3.8, 4) is 0 Å². The summed E-state index contributed by atoms with van der Waals surface area (Å²) in [6, 6.07) is 19.7. The maximum Gasteiger partial charge on any atom is 0.226 e. The molecule has 1 spiro atoms. The number of H-pyrrole nitrogens is 1. The number of carbonyl (C=O) groups excluding carboxylic acids is 1. The quantitative estimate of drug-likeness (QED) is 0.576. The average Bonchev–Trinajstić information content (AvgIpc) is 3.19. The first kappa shape index (κ1) is 21.0. The molecular formula is C29H35N3O.